The van der Waals surface area contributed by atoms with Crippen LogP contribution in [0, 0.1) is 13.8 Å². The van der Waals surface area contributed by atoms with Crippen LogP contribution in [-0.2, 0) is 0 Å². The number of amides is 1. The minimum Gasteiger partial charge on any atom is -0.343 e. The fourth-order valence-electron chi connectivity index (χ4n) is 6.32. The molecule has 1 saturated carbocycles. The predicted octanol–water partition coefficient (Wildman–Crippen LogP) is 5.32. The molecule has 2 heterocycles. The van der Waals surface area contributed by atoms with Gasteiger partial charge >= 0.3 is 0 Å². The van der Waals surface area contributed by atoms with Gasteiger partial charge in [0.05, 0.1) is 6.04 Å². The van der Waals surface area contributed by atoms with Gasteiger partial charge in [-0.3, -0.25) is 9.69 Å². The fourth-order valence-corrected chi connectivity index (χ4v) is 6.32. The van der Waals surface area contributed by atoms with Gasteiger partial charge < -0.3 is 5.32 Å². The van der Waals surface area contributed by atoms with Crippen LogP contribution in [0.25, 0.3) is 0 Å². The summed E-state index contributed by atoms with van der Waals surface area (Å²) in [5, 5.41) is 3.54. The highest BCUT2D eigenvalue weighted by Crippen LogP contribution is 2.55. The monoisotopic (exact) mass is 388 g/mol. The zero-order valence-corrected chi connectivity index (χ0v) is 17.7. The van der Waals surface area contributed by atoms with Crippen molar-refractivity contribution in [3.05, 3.63) is 70.8 Å². The first-order valence-corrected chi connectivity index (χ1v) is 11.3. The van der Waals surface area contributed by atoms with Gasteiger partial charge in [-0.1, -0.05) is 55.0 Å². The molecule has 0 aromatic heterocycles. The first-order valence-electron chi connectivity index (χ1n) is 11.3. The van der Waals surface area contributed by atoms with E-state index in [0.717, 1.165) is 16.7 Å². The van der Waals surface area contributed by atoms with Gasteiger partial charge in [0.15, 0.2) is 0 Å². The summed E-state index contributed by atoms with van der Waals surface area (Å²) in [5.74, 6) is 0.0766. The van der Waals surface area contributed by atoms with Crippen molar-refractivity contribution in [1.82, 2.24) is 10.2 Å². The normalized spacial score (nSPS) is 27.6. The number of nitrogens with one attached hydrogen (secondary N) is 1. The maximum absolute atomic E-state index is 13.5. The van der Waals surface area contributed by atoms with Crippen molar-refractivity contribution in [1.29, 1.82) is 0 Å². The summed E-state index contributed by atoms with van der Waals surface area (Å²) in [6.45, 7) is 4.08. The van der Waals surface area contributed by atoms with Crippen molar-refractivity contribution in [2.24, 2.45) is 0 Å². The van der Waals surface area contributed by atoms with E-state index in [1.165, 1.54) is 50.5 Å². The number of nitrogens with zero attached hydrogens (tertiary/aromatic N) is 1. The second-order valence-corrected chi connectivity index (χ2v) is 9.41. The molecule has 2 saturated heterocycles. The Kier molecular flexibility index (Phi) is 4.74. The van der Waals surface area contributed by atoms with Gasteiger partial charge in [0.2, 0.25) is 0 Å². The van der Waals surface area contributed by atoms with Gasteiger partial charge in [0.25, 0.3) is 5.91 Å². The van der Waals surface area contributed by atoms with Crippen LogP contribution in [-0.4, -0.2) is 28.4 Å². The summed E-state index contributed by atoms with van der Waals surface area (Å²) in [6.07, 6.45) is 8.95. The van der Waals surface area contributed by atoms with Crippen LogP contribution in [0.3, 0.4) is 0 Å². The second-order valence-electron chi connectivity index (χ2n) is 9.41. The molecular weight excluding hydrogens is 356 g/mol. The van der Waals surface area contributed by atoms with E-state index in [0.29, 0.717) is 12.1 Å². The summed E-state index contributed by atoms with van der Waals surface area (Å²) in [4.78, 5) is 16.4. The van der Waals surface area contributed by atoms with Gasteiger partial charge in [-0.2, -0.15) is 0 Å². The average Bonchev–Trinajstić information content (AvgIpc) is 3.21. The molecule has 0 radical (unpaired) electrons. The van der Waals surface area contributed by atoms with Gasteiger partial charge in [-0.15, -0.1) is 0 Å². The maximum atomic E-state index is 13.5. The Bertz CT molecular complexity index is 874. The number of fused-ring (bicyclic) bond motifs is 2. The Hall–Kier alpha value is -2.13. The quantitative estimate of drug-likeness (QED) is 0.751. The highest BCUT2D eigenvalue weighted by atomic mass is 16.1. The summed E-state index contributed by atoms with van der Waals surface area (Å²) < 4.78 is 0. The third kappa shape index (κ3) is 3.02. The van der Waals surface area contributed by atoms with Gasteiger partial charge in [-0.05, 0) is 69.1 Å². The van der Waals surface area contributed by atoms with Gasteiger partial charge in [0.1, 0.15) is 0 Å². The van der Waals surface area contributed by atoms with Crippen LogP contribution in [0.2, 0.25) is 0 Å². The number of benzene rings is 2. The molecule has 3 aliphatic rings. The lowest BCUT2D eigenvalue weighted by Crippen LogP contribution is -2.57. The van der Waals surface area contributed by atoms with Gasteiger partial charge in [-0.25, -0.2) is 0 Å². The Morgan fingerprint density at radius 3 is 2.14 bits per heavy atom. The highest BCUT2D eigenvalue weighted by Gasteiger charge is 2.58. The van der Waals surface area contributed by atoms with E-state index < -0.39 is 0 Å². The van der Waals surface area contributed by atoms with Crippen molar-refractivity contribution in [2.45, 2.75) is 82.5 Å². The van der Waals surface area contributed by atoms with Crippen molar-refractivity contribution in [2.75, 3.05) is 0 Å². The SMILES string of the molecule is Cc1cccc(C)c1C(=O)NC(c1ccccc1)C12CCC(CC1)N2C1CCC1. The smallest absolute Gasteiger partial charge is 0.252 e. The van der Waals surface area contributed by atoms with Crippen molar-refractivity contribution in [3.63, 3.8) is 0 Å². The Morgan fingerprint density at radius 2 is 1.55 bits per heavy atom. The molecule has 2 bridgehead atoms. The standard InChI is InChI=1S/C26H32N2O/c1-18-8-6-9-19(2)23(18)25(29)27-24(20-10-4-3-5-11-20)26-16-14-22(15-17-26)28(26)21-12-7-13-21/h3-6,8-11,21-22,24H,7,12-17H2,1-2H3,(H,27,29). The van der Waals surface area contributed by atoms with E-state index in [1.807, 2.05) is 32.0 Å². The average molecular weight is 389 g/mol. The zero-order chi connectivity index (χ0) is 20.0. The molecule has 1 amide bonds. The maximum Gasteiger partial charge on any atom is 0.252 e. The fraction of sp³-hybridized carbons (Fsp3) is 0.500. The van der Waals surface area contributed by atoms with Crippen molar-refractivity contribution < 1.29 is 4.79 Å². The number of carbonyl (C=O) groups excluding carboxylic acids is 1. The molecule has 2 aromatic rings. The number of carbonyl (C=O) groups is 1. The number of hydrogen-bond donors (Lipinski definition) is 1. The largest absolute Gasteiger partial charge is 0.343 e. The molecule has 1 N–H and O–H groups in total. The first-order chi connectivity index (χ1) is 14.1. The van der Waals surface area contributed by atoms with E-state index in [4.69, 9.17) is 0 Å². The molecule has 3 nitrogen and oxygen atoms in total. The van der Waals surface area contributed by atoms with Crippen molar-refractivity contribution in [3.8, 4) is 0 Å². The van der Waals surface area contributed by atoms with Crippen LogP contribution >= 0.6 is 0 Å². The lowest BCUT2D eigenvalue weighted by Gasteiger charge is -2.48. The van der Waals surface area contributed by atoms with E-state index in [2.05, 4.69) is 40.5 Å². The third-order valence-electron chi connectivity index (χ3n) is 7.85. The highest BCUT2D eigenvalue weighted by molar-refractivity contribution is 5.97. The third-order valence-corrected chi connectivity index (χ3v) is 7.85. The lowest BCUT2D eigenvalue weighted by molar-refractivity contribution is 0.0258. The molecule has 152 valence electrons. The van der Waals surface area contributed by atoms with Crippen LogP contribution in [0.1, 0.15) is 78.0 Å². The topological polar surface area (TPSA) is 32.3 Å². The number of rotatable bonds is 5. The van der Waals surface area contributed by atoms with E-state index in [-0.39, 0.29) is 17.5 Å². The Morgan fingerprint density at radius 1 is 0.931 bits per heavy atom. The van der Waals surface area contributed by atoms with E-state index >= 15 is 0 Å². The molecule has 5 rings (SSSR count). The molecule has 3 fully saturated rings. The summed E-state index contributed by atoms with van der Waals surface area (Å²) in [6, 6.07) is 18.3. The number of aryl methyl sites for hydroxylation is 2. The van der Waals surface area contributed by atoms with Crippen LogP contribution < -0.4 is 5.32 Å². The number of hydrogen-bond acceptors (Lipinski definition) is 2. The van der Waals surface area contributed by atoms with Crippen LogP contribution in [0.4, 0.5) is 0 Å². The summed E-state index contributed by atoms with van der Waals surface area (Å²) in [5.41, 5.74) is 4.27. The minimum atomic E-state index is 0.0447. The molecule has 2 aromatic carbocycles. The predicted molar refractivity (Wildman–Crippen MR) is 117 cm³/mol. The van der Waals surface area contributed by atoms with E-state index in [9.17, 15) is 4.79 Å². The van der Waals surface area contributed by atoms with Crippen LogP contribution in [0.5, 0.6) is 0 Å². The molecule has 3 heteroatoms. The molecule has 1 aliphatic carbocycles. The summed E-state index contributed by atoms with van der Waals surface area (Å²) in [7, 11) is 0. The molecule has 0 spiro atoms. The molecule has 2 aliphatic heterocycles. The van der Waals surface area contributed by atoms with Gasteiger partial charge in [0, 0.05) is 23.2 Å². The second kappa shape index (κ2) is 7.28. The van der Waals surface area contributed by atoms with Crippen molar-refractivity contribution >= 4 is 5.91 Å². The lowest BCUT2D eigenvalue weighted by atomic mass is 9.77. The summed E-state index contributed by atoms with van der Waals surface area (Å²) >= 11 is 0. The van der Waals surface area contributed by atoms with E-state index in [1.54, 1.807) is 0 Å². The molecule has 1 atom stereocenters. The minimum absolute atomic E-state index is 0.0447. The van der Waals surface area contributed by atoms with Crippen LogP contribution in [0.15, 0.2) is 48.5 Å². The molecule has 29 heavy (non-hydrogen) atoms. The Labute approximate surface area is 174 Å². The first kappa shape index (κ1) is 18.9. The molecule has 1 unspecified atom stereocenters. The molecular formula is C26H32N2O. The zero-order valence-electron chi connectivity index (χ0n) is 17.7. The Balaban J connectivity index is 1.54.